The van der Waals surface area contributed by atoms with Crippen molar-refractivity contribution in [1.82, 2.24) is 4.90 Å². The molecule has 130 valence electrons. The Bertz CT molecular complexity index is 621. The molecule has 0 amide bonds. The van der Waals surface area contributed by atoms with Crippen LogP contribution in [0.3, 0.4) is 0 Å². The van der Waals surface area contributed by atoms with Gasteiger partial charge in [-0.15, -0.1) is 0 Å². The minimum Gasteiger partial charge on any atom is -0.450 e. The molecule has 24 heavy (non-hydrogen) atoms. The Morgan fingerprint density at radius 2 is 2.21 bits per heavy atom. The summed E-state index contributed by atoms with van der Waals surface area (Å²) in [6, 6.07) is 0.590. The van der Waals surface area contributed by atoms with Gasteiger partial charge in [0.05, 0.1) is 6.04 Å². The lowest BCUT2D eigenvalue weighted by Crippen LogP contribution is -2.55. The van der Waals surface area contributed by atoms with Gasteiger partial charge in [0.2, 0.25) is 0 Å². The van der Waals surface area contributed by atoms with E-state index >= 15 is 0 Å². The van der Waals surface area contributed by atoms with Crippen molar-refractivity contribution in [1.29, 1.82) is 0 Å². The number of hydrogen-bond acceptors (Lipinski definition) is 3. The molecule has 0 radical (unpaired) electrons. The molecule has 3 rings (SSSR count). The van der Waals surface area contributed by atoms with Crippen molar-refractivity contribution in [2.24, 2.45) is 0 Å². The predicted octanol–water partition coefficient (Wildman–Crippen LogP) is 4.00. The van der Waals surface area contributed by atoms with Crippen LogP contribution in [-0.4, -0.2) is 35.1 Å². The number of hydrogen-bond donors (Lipinski definition) is 0. The molecule has 0 aliphatic carbocycles. The van der Waals surface area contributed by atoms with Crippen molar-refractivity contribution < 1.29 is 9.53 Å². The third-order valence-corrected chi connectivity index (χ3v) is 5.64. The van der Waals surface area contributed by atoms with E-state index in [2.05, 4.69) is 43.6 Å². The van der Waals surface area contributed by atoms with Crippen molar-refractivity contribution in [3.63, 3.8) is 0 Å². The number of esters is 1. The first kappa shape index (κ1) is 17.3. The van der Waals surface area contributed by atoms with Gasteiger partial charge >= 0.3 is 5.97 Å². The van der Waals surface area contributed by atoms with Crippen molar-refractivity contribution in [2.45, 2.75) is 83.4 Å². The van der Waals surface area contributed by atoms with E-state index in [1.54, 1.807) is 6.08 Å². The third kappa shape index (κ3) is 3.17. The second-order valence-electron chi connectivity index (χ2n) is 7.42. The summed E-state index contributed by atoms with van der Waals surface area (Å²) in [5.41, 5.74) is 1.45. The maximum atomic E-state index is 12.1. The van der Waals surface area contributed by atoms with Crippen molar-refractivity contribution in [3.8, 4) is 11.8 Å². The smallest absolute Gasteiger partial charge is 0.332 e. The molecule has 0 spiro atoms. The number of piperidine rings is 1. The summed E-state index contributed by atoms with van der Waals surface area (Å²) < 4.78 is 5.84. The number of unbranched alkanes of at least 4 members (excludes halogenated alkanes) is 3. The fraction of sp³-hybridized carbons (Fsp3) is 0.667. The maximum absolute atomic E-state index is 12.1. The van der Waals surface area contributed by atoms with Gasteiger partial charge in [-0.1, -0.05) is 44.1 Å². The topological polar surface area (TPSA) is 29.5 Å². The van der Waals surface area contributed by atoms with Crippen molar-refractivity contribution in [2.75, 3.05) is 6.54 Å². The number of carbonyl (C=O) groups is 1. The lowest BCUT2D eigenvalue weighted by atomic mass is 9.81. The molecule has 0 unspecified atom stereocenters. The monoisotopic (exact) mass is 327 g/mol. The molecule has 1 fully saturated rings. The van der Waals surface area contributed by atoms with E-state index < -0.39 is 5.60 Å². The first-order valence-electron chi connectivity index (χ1n) is 9.48. The molecule has 0 N–H and O–H groups in total. The Hall–Kier alpha value is -1.53. The van der Waals surface area contributed by atoms with Gasteiger partial charge in [0, 0.05) is 29.7 Å². The Kier molecular flexibility index (Phi) is 5.15. The van der Waals surface area contributed by atoms with Gasteiger partial charge in [0.15, 0.2) is 5.60 Å². The number of carbonyl (C=O) groups excluding carboxylic acids is 1. The number of ether oxygens (including phenoxy) is 1. The van der Waals surface area contributed by atoms with Gasteiger partial charge in [0.1, 0.15) is 0 Å². The maximum Gasteiger partial charge on any atom is 0.332 e. The van der Waals surface area contributed by atoms with E-state index in [-0.39, 0.29) is 12.0 Å². The van der Waals surface area contributed by atoms with Gasteiger partial charge in [-0.25, -0.2) is 4.79 Å². The molecule has 3 aliphatic heterocycles. The van der Waals surface area contributed by atoms with Crippen LogP contribution in [0, 0.1) is 11.8 Å². The van der Waals surface area contributed by atoms with E-state index in [9.17, 15) is 4.79 Å². The van der Waals surface area contributed by atoms with Crippen LogP contribution >= 0.6 is 0 Å². The molecule has 3 heteroatoms. The highest BCUT2D eigenvalue weighted by atomic mass is 16.6. The molecule has 3 atom stereocenters. The fourth-order valence-electron chi connectivity index (χ4n) is 4.34. The zero-order chi connectivity index (χ0) is 17.2. The summed E-state index contributed by atoms with van der Waals surface area (Å²) in [6.07, 6.45) is 11.9. The lowest BCUT2D eigenvalue weighted by molar-refractivity contribution is -0.151. The Labute approximate surface area is 146 Å². The molecule has 0 saturated carbocycles. The minimum absolute atomic E-state index is 0.216. The minimum atomic E-state index is -0.549. The molecule has 3 heterocycles. The first-order chi connectivity index (χ1) is 11.6. The average Bonchev–Trinajstić information content (AvgIpc) is 2.85. The second-order valence-corrected chi connectivity index (χ2v) is 7.42. The highest BCUT2D eigenvalue weighted by Gasteiger charge is 2.51. The lowest BCUT2D eigenvalue weighted by Gasteiger charge is -2.45. The quantitative estimate of drug-likeness (QED) is 0.446. The SMILES string of the molecule is CCCCCC#CC1=C[C@H](C)N2CCCC[C@@H]2[C@@]2(C)OC(=O)C=C12. The molecule has 3 nitrogen and oxygen atoms in total. The molecule has 1 saturated heterocycles. The Morgan fingerprint density at radius 3 is 3.00 bits per heavy atom. The second kappa shape index (κ2) is 7.15. The first-order valence-corrected chi connectivity index (χ1v) is 9.48. The average molecular weight is 327 g/mol. The Balaban J connectivity index is 1.92. The van der Waals surface area contributed by atoms with Crippen LogP contribution in [0.4, 0.5) is 0 Å². The van der Waals surface area contributed by atoms with Crippen LogP contribution in [0.1, 0.15) is 65.7 Å². The van der Waals surface area contributed by atoms with Crippen LogP contribution in [-0.2, 0) is 9.53 Å². The number of nitrogens with zero attached hydrogens (tertiary/aromatic N) is 1. The van der Waals surface area contributed by atoms with E-state index in [1.807, 2.05) is 0 Å². The van der Waals surface area contributed by atoms with Crippen molar-refractivity contribution in [3.05, 3.63) is 23.3 Å². The summed E-state index contributed by atoms with van der Waals surface area (Å²) >= 11 is 0. The predicted molar refractivity (Wildman–Crippen MR) is 96.4 cm³/mol. The van der Waals surface area contributed by atoms with Gasteiger partial charge < -0.3 is 4.74 Å². The highest BCUT2D eigenvalue weighted by Crippen LogP contribution is 2.44. The molecule has 3 aliphatic rings. The van der Waals surface area contributed by atoms with Gasteiger partial charge in [0.25, 0.3) is 0 Å². The van der Waals surface area contributed by atoms with Gasteiger partial charge in [-0.05, 0) is 39.7 Å². The van der Waals surface area contributed by atoms with E-state index in [1.165, 1.54) is 25.7 Å². The largest absolute Gasteiger partial charge is 0.450 e. The third-order valence-electron chi connectivity index (χ3n) is 5.64. The fourth-order valence-corrected chi connectivity index (χ4v) is 4.34. The Morgan fingerprint density at radius 1 is 1.38 bits per heavy atom. The van der Waals surface area contributed by atoms with E-state index in [0.717, 1.165) is 37.0 Å². The molecule has 0 bridgehead atoms. The number of fused-ring (bicyclic) bond motifs is 3. The number of rotatable bonds is 3. The zero-order valence-corrected chi connectivity index (χ0v) is 15.2. The van der Waals surface area contributed by atoms with Crippen LogP contribution < -0.4 is 0 Å². The molecule has 0 aromatic carbocycles. The molecule has 0 aromatic rings. The van der Waals surface area contributed by atoms with Gasteiger partial charge in [-0.2, -0.15) is 0 Å². The van der Waals surface area contributed by atoms with Gasteiger partial charge in [-0.3, -0.25) is 4.90 Å². The van der Waals surface area contributed by atoms with Crippen LogP contribution in [0.5, 0.6) is 0 Å². The van der Waals surface area contributed by atoms with Crippen molar-refractivity contribution >= 4 is 5.97 Å². The summed E-state index contributed by atoms with van der Waals surface area (Å²) in [4.78, 5) is 14.6. The van der Waals surface area contributed by atoms with Crippen LogP contribution in [0.25, 0.3) is 0 Å². The summed E-state index contributed by atoms with van der Waals surface area (Å²) in [6.45, 7) is 7.60. The molecular formula is C21H29NO2. The summed E-state index contributed by atoms with van der Waals surface area (Å²) in [5, 5.41) is 0. The molecular weight excluding hydrogens is 298 g/mol. The summed E-state index contributed by atoms with van der Waals surface area (Å²) in [7, 11) is 0. The van der Waals surface area contributed by atoms with E-state index in [4.69, 9.17) is 4.74 Å². The van der Waals surface area contributed by atoms with Crippen LogP contribution in [0.2, 0.25) is 0 Å². The highest BCUT2D eigenvalue weighted by molar-refractivity contribution is 5.89. The normalized spacial score (nSPS) is 32.5. The standard InChI is InChI=1S/C21H29NO2/c1-4-5-6-7-8-11-17-14-16(2)22-13-10-9-12-19(22)21(3)18(17)15-20(23)24-21/h14-16,19H,4-7,9-10,12-13H2,1-3H3/t16-,19+,21-/m0/s1. The molecule has 0 aromatic heterocycles. The van der Waals surface area contributed by atoms with Crippen LogP contribution in [0.15, 0.2) is 23.3 Å². The van der Waals surface area contributed by atoms with E-state index in [0.29, 0.717) is 6.04 Å². The zero-order valence-electron chi connectivity index (χ0n) is 15.2. The summed E-state index contributed by atoms with van der Waals surface area (Å²) in [5.74, 6) is 6.47.